The second-order valence-corrected chi connectivity index (χ2v) is 5.61. The van der Waals surface area contributed by atoms with Gasteiger partial charge in [0, 0.05) is 31.6 Å². The van der Waals surface area contributed by atoms with Gasteiger partial charge >= 0.3 is 0 Å². The Kier molecular flexibility index (Phi) is 4.08. The highest BCUT2D eigenvalue weighted by atomic mass is 15.2. The van der Waals surface area contributed by atoms with Gasteiger partial charge in [-0.25, -0.2) is 0 Å². The van der Waals surface area contributed by atoms with Crippen LogP contribution in [0, 0.1) is 5.92 Å². The van der Waals surface area contributed by atoms with Crippen LogP contribution in [-0.4, -0.2) is 50.1 Å². The van der Waals surface area contributed by atoms with Crippen LogP contribution in [0.4, 0.5) is 0 Å². The molecule has 0 N–H and O–H groups in total. The van der Waals surface area contributed by atoms with Gasteiger partial charge in [0.1, 0.15) is 0 Å². The fourth-order valence-electron chi connectivity index (χ4n) is 3.75. The summed E-state index contributed by atoms with van der Waals surface area (Å²) in [7, 11) is 4.51. The molecule has 0 aromatic heterocycles. The fraction of sp³-hybridized carbons (Fsp3) is 0.625. The van der Waals surface area contributed by atoms with Crippen molar-refractivity contribution in [1.29, 1.82) is 0 Å². The normalized spacial score (nSPS) is 31.9. The molecule has 2 fully saturated rings. The molecule has 3 rings (SSSR count). The monoisotopic (exact) mass is 246 g/mol. The van der Waals surface area contributed by atoms with Gasteiger partial charge in [-0.1, -0.05) is 44.2 Å². The predicted molar refractivity (Wildman–Crippen MR) is 78.0 cm³/mol. The topological polar surface area (TPSA) is 6.48 Å². The summed E-state index contributed by atoms with van der Waals surface area (Å²) in [4.78, 5) is 4.98. The summed E-state index contributed by atoms with van der Waals surface area (Å²) in [6.07, 6.45) is 0. The van der Waals surface area contributed by atoms with Gasteiger partial charge in [-0.3, -0.25) is 0 Å². The summed E-state index contributed by atoms with van der Waals surface area (Å²) in [6, 6.07) is 11.1. The van der Waals surface area contributed by atoms with E-state index in [0.29, 0.717) is 5.41 Å². The molecule has 1 aromatic carbocycles. The van der Waals surface area contributed by atoms with E-state index in [2.05, 4.69) is 54.2 Å². The zero-order valence-corrected chi connectivity index (χ0v) is 12.2. The Balaban J connectivity index is 0.000000574. The van der Waals surface area contributed by atoms with Crippen LogP contribution in [0.1, 0.15) is 19.4 Å². The molecule has 2 heteroatoms. The number of benzene rings is 1. The third-order valence-electron chi connectivity index (χ3n) is 4.30. The van der Waals surface area contributed by atoms with Crippen LogP contribution in [0.3, 0.4) is 0 Å². The van der Waals surface area contributed by atoms with Crippen LogP contribution in [0.25, 0.3) is 0 Å². The van der Waals surface area contributed by atoms with Crippen LogP contribution >= 0.6 is 0 Å². The molecule has 18 heavy (non-hydrogen) atoms. The first-order chi connectivity index (χ1) is 8.71. The van der Waals surface area contributed by atoms with Gasteiger partial charge in [0.05, 0.1) is 0 Å². The Morgan fingerprint density at radius 1 is 0.944 bits per heavy atom. The Labute approximate surface area is 112 Å². The zero-order valence-electron chi connectivity index (χ0n) is 12.2. The molecule has 2 nitrogen and oxygen atoms in total. The van der Waals surface area contributed by atoms with E-state index in [4.69, 9.17) is 0 Å². The van der Waals surface area contributed by atoms with Gasteiger partial charge in [0.15, 0.2) is 0 Å². The molecule has 2 heterocycles. The van der Waals surface area contributed by atoms with E-state index < -0.39 is 0 Å². The molecular formula is C16H26N2. The SMILES string of the molecule is CC.CN1CC2CN(C)CC2(c2ccccc2)C1. The molecule has 0 bridgehead atoms. The smallest absolute Gasteiger partial charge is 0.0260 e. The molecular weight excluding hydrogens is 220 g/mol. The molecule has 2 saturated heterocycles. The van der Waals surface area contributed by atoms with Gasteiger partial charge < -0.3 is 9.80 Å². The summed E-state index contributed by atoms with van der Waals surface area (Å²) in [5, 5.41) is 0. The van der Waals surface area contributed by atoms with Crippen molar-refractivity contribution in [3.8, 4) is 0 Å². The average molecular weight is 246 g/mol. The highest BCUT2D eigenvalue weighted by Crippen LogP contribution is 2.43. The molecule has 0 saturated carbocycles. The first-order valence-corrected chi connectivity index (χ1v) is 7.13. The summed E-state index contributed by atoms with van der Waals surface area (Å²) >= 11 is 0. The second-order valence-electron chi connectivity index (χ2n) is 5.61. The minimum atomic E-state index is 0.394. The van der Waals surface area contributed by atoms with Gasteiger partial charge in [0.25, 0.3) is 0 Å². The molecule has 1 aromatic rings. The lowest BCUT2D eigenvalue weighted by atomic mass is 9.75. The Bertz CT molecular complexity index is 360. The van der Waals surface area contributed by atoms with Crippen LogP contribution in [0.15, 0.2) is 30.3 Å². The van der Waals surface area contributed by atoms with Gasteiger partial charge in [-0.15, -0.1) is 0 Å². The van der Waals surface area contributed by atoms with E-state index >= 15 is 0 Å². The number of hydrogen-bond acceptors (Lipinski definition) is 2. The third-order valence-corrected chi connectivity index (χ3v) is 4.30. The Morgan fingerprint density at radius 3 is 1.94 bits per heavy atom. The predicted octanol–water partition coefficient (Wildman–Crippen LogP) is 2.46. The summed E-state index contributed by atoms with van der Waals surface area (Å²) in [6.45, 7) is 8.93. The second kappa shape index (κ2) is 5.41. The Morgan fingerprint density at radius 2 is 1.44 bits per heavy atom. The molecule has 2 aliphatic heterocycles. The van der Waals surface area contributed by atoms with Crippen molar-refractivity contribution >= 4 is 0 Å². The highest BCUT2D eigenvalue weighted by molar-refractivity contribution is 5.31. The molecule has 100 valence electrons. The standard InChI is InChI=1S/C14H20N2.C2H6/c1-15-8-13-9-16(2)11-14(13,10-15)12-6-4-3-5-7-12;1-2/h3-7,13H,8-11H2,1-2H3;1-2H3. The fourth-order valence-corrected chi connectivity index (χ4v) is 3.75. The molecule has 2 aliphatic rings. The molecule has 0 atom stereocenters. The number of rotatable bonds is 1. The lowest BCUT2D eigenvalue weighted by Crippen LogP contribution is -2.36. The molecule has 0 amide bonds. The van der Waals surface area contributed by atoms with Crippen molar-refractivity contribution in [3.05, 3.63) is 35.9 Å². The van der Waals surface area contributed by atoms with Crippen molar-refractivity contribution in [2.24, 2.45) is 5.92 Å². The number of nitrogens with zero attached hydrogens (tertiary/aromatic N) is 2. The van der Waals surface area contributed by atoms with Crippen LogP contribution in [0.2, 0.25) is 0 Å². The van der Waals surface area contributed by atoms with E-state index in [1.165, 1.54) is 31.7 Å². The van der Waals surface area contributed by atoms with E-state index in [1.807, 2.05) is 13.8 Å². The van der Waals surface area contributed by atoms with Crippen LogP contribution in [0.5, 0.6) is 0 Å². The highest BCUT2D eigenvalue weighted by Gasteiger charge is 2.51. The molecule has 0 radical (unpaired) electrons. The van der Waals surface area contributed by atoms with Crippen molar-refractivity contribution in [2.75, 3.05) is 40.3 Å². The maximum Gasteiger partial charge on any atom is 0.0260 e. The summed E-state index contributed by atoms with van der Waals surface area (Å²) < 4.78 is 0. The van der Waals surface area contributed by atoms with Crippen molar-refractivity contribution in [1.82, 2.24) is 9.80 Å². The minimum Gasteiger partial charge on any atom is -0.305 e. The maximum atomic E-state index is 2.49. The quantitative estimate of drug-likeness (QED) is 0.751. The molecule has 0 spiro atoms. The number of likely N-dealkylation sites (N-methyl/N-ethyl adjacent to an activating group) is 2. The average Bonchev–Trinajstić information content (AvgIpc) is 2.85. The van der Waals surface area contributed by atoms with E-state index in [0.717, 1.165) is 5.92 Å². The molecule has 0 aliphatic carbocycles. The van der Waals surface area contributed by atoms with E-state index in [9.17, 15) is 0 Å². The van der Waals surface area contributed by atoms with Crippen LogP contribution < -0.4 is 0 Å². The maximum absolute atomic E-state index is 2.49. The Hall–Kier alpha value is -0.860. The van der Waals surface area contributed by atoms with E-state index in [-0.39, 0.29) is 0 Å². The zero-order chi connectivity index (χ0) is 13.2. The van der Waals surface area contributed by atoms with Crippen molar-refractivity contribution in [3.63, 3.8) is 0 Å². The lowest BCUT2D eigenvalue weighted by Gasteiger charge is -2.29. The van der Waals surface area contributed by atoms with Gasteiger partial charge in [0.2, 0.25) is 0 Å². The summed E-state index contributed by atoms with van der Waals surface area (Å²) in [5.74, 6) is 0.810. The number of fused-ring (bicyclic) bond motifs is 1. The minimum absolute atomic E-state index is 0.394. The number of likely N-dealkylation sites (tertiary alicyclic amines) is 2. The lowest BCUT2D eigenvalue weighted by molar-refractivity contribution is 0.304. The largest absolute Gasteiger partial charge is 0.305 e. The summed E-state index contributed by atoms with van der Waals surface area (Å²) in [5.41, 5.74) is 1.93. The van der Waals surface area contributed by atoms with Gasteiger partial charge in [-0.2, -0.15) is 0 Å². The first-order valence-electron chi connectivity index (χ1n) is 7.13. The first kappa shape index (κ1) is 13.6. The molecule has 0 unspecified atom stereocenters. The van der Waals surface area contributed by atoms with E-state index in [1.54, 1.807) is 0 Å². The third kappa shape index (κ3) is 2.19. The van der Waals surface area contributed by atoms with Crippen molar-refractivity contribution < 1.29 is 0 Å². The van der Waals surface area contributed by atoms with Crippen LogP contribution in [-0.2, 0) is 5.41 Å². The number of hydrogen-bond donors (Lipinski definition) is 0. The van der Waals surface area contributed by atoms with Crippen molar-refractivity contribution in [2.45, 2.75) is 19.3 Å². The van der Waals surface area contributed by atoms with Gasteiger partial charge in [-0.05, 0) is 25.6 Å².